The third-order valence-corrected chi connectivity index (χ3v) is 4.86. The second-order valence-electron chi connectivity index (χ2n) is 7.95. The monoisotopic (exact) mass is 397 g/mol. The fourth-order valence-corrected chi connectivity index (χ4v) is 3.24. The molecule has 1 aromatic rings. The highest BCUT2D eigenvalue weighted by Gasteiger charge is 2.22. The molecule has 0 saturated heterocycles. The molecule has 0 fully saturated rings. The summed E-state index contributed by atoms with van der Waals surface area (Å²) in [7, 11) is 3.77. The van der Waals surface area contributed by atoms with E-state index < -0.39 is 5.60 Å². The quantitative estimate of drug-likeness (QED) is 0.545. The fraction of sp³-hybridized carbons (Fsp3) is 0.737. The molecule has 1 atom stereocenters. The van der Waals surface area contributed by atoms with Crippen molar-refractivity contribution >= 4 is 23.4 Å². The minimum atomic E-state index is -0.497. The van der Waals surface area contributed by atoms with E-state index >= 15 is 0 Å². The first-order chi connectivity index (χ1) is 12.5. The number of alkyl carbamates (subject to hydrolysis) is 1. The van der Waals surface area contributed by atoms with Gasteiger partial charge in [-0.1, -0.05) is 13.8 Å². The average Bonchev–Trinajstić information content (AvgIpc) is 2.95. The Morgan fingerprint density at radius 2 is 2.07 bits per heavy atom. The molecule has 0 bridgehead atoms. The first kappa shape index (κ1) is 23.2. The molecule has 0 saturated carbocycles. The van der Waals surface area contributed by atoms with Gasteiger partial charge in [-0.2, -0.15) is 0 Å². The molecule has 154 valence electrons. The van der Waals surface area contributed by atoms with Gasteiger partial charge in [0.25, 0.3) is 0 Å². The number of thiazole rings is 1. The molecular weight excluding hydrogens is 362 g/mol. The maximum atomic E-state index is 12.1. The Labute approximate surface area is 167 Å². The van der Waals surface area contributed by atoms with Crippen molar-refractivity contribution in [3.05, 3.63) is 16.1 Å². The average molecular weight is 398 g/mol. The van der Waals surface area contributed by atoms with Crippen LogP contribution in [0.4, 0.5) is 4.79 Å². The number of aliphatic imine (C=N–C) groups is 1. The summed E-state index contributed by atoms with van der Waals surface area (Å²) >= 11 is 1.68. The Morgan fingerprint density at radius 3 is 2.56 bits per heavy atom. The second kappa shape index (κ2) is 10.5. The highest BCUT2D eigenvalue weighted by molar-refractivity contribution is 7.11. The van der Waals surface area contributed by atoms with Crippen LogP contribution in [-0.4, -0.2) is 54.2 Å². The van der Waals surface area contributed by atoms with Gasteiger partial charge in [-0.05, 0) is 40.0 Å². The summed E-state index contributed by atoms with van der Waals surface area (Å²) in [5.41, 5.74) is -0.497. The summed E-state index contributed by atoms with van der Waals surface area (Å²) < 4.78 is 5.38. The zero-order chi connectivity index (χ0) is 20.6. The first-order valence-corrected chi connectivity index (χ1v) is 10.2. The molecule has 1 aromatic heterocycles. The lowest BCUT2D eigenvalue weighted by atomic mass is 10.0. The number of carbonyl (C=O) groups excluding carboxylic acids is 1. The SMILES string of the molecule is CN=C(NCc1cnc(C)s1)N(C)CCC(NC(=O)OC(C)(C)C)C(C)C. The van der Waals surface area contributed by atoms with E-state index in [-0.39, 0.29) is 12.1 Å². The Bertz CT molecular complexity index is 622. The lowest BCUT2D eigenvalue weighted by Crippen LogP contribution is -2.45. The van der Waals surface area contributed by atoms with E-state index in [0.29, 0.717) is 12.5 Å². The number of aryl methyl sites for hydroxylation is 1. The number of nitrogens with one attached hydrogen (secondary N) is 2. The lowest BCUT2D eigenvalue weighted by molar-refractivity contribution is 0.0486. The van der Waals surface area contributed by atoms with Crippen molar-refractivity contribution in [3.63, 3.8) is 0 Å². The van der Waals surface area contributed by atoms with E-state index in [9.17, 15) is 4.79 Å². The standard InChI is InChI=1S/C19H35N5O2S/c1-13(2)16(23-18(25)26-19(4,5)6)9-10-24(8)17(20-7)22-12-15-11-21-14(3)27-15/h11,13,16H,9-10,12H2,1-8H3,(H,20,22)(H,23,25). The van der Waals surface area contributed by atoms with Crippen LogP contribution < -0.4 is 10.6 Å². The highest BCUT2D eigenvalue weighted by atomic mass is 32.1. The van der Waals surface area contributed by atoms with Crippen LogP contribution in [0, 0.1) is 12.8 Å². The second-order valence-corrected chi connectivity index (χ2v) is 9.27. The molecule has 0 spiro atoms. The zero-order valence-electron chi connectivity index (χ0n) is 17.9. The first-order valence-electron chi connectivity index (χ1n) is 9.34. The predicted octanol–water partition coefficient (Wildman–Crippen LogP) is 3.40. The molecule has 7 nitrogen and oxygen atoms in total. The van der Waals surface area contributed by atoms with Gasteiger partial charge in [0.1, 0.15) is 5.60 Å². The van der Waals surface area contributed by atoms with E-state index in [1.165, 1.54) is 4.88 Å². The van der Waals surface area contributed by atoms with E-state index in [4.69, 9.17) is 4.74 Å². The van der Waals surface area contributed by atoms with Crippen molar-refractivity contribution in [2.24, 2.45) is 10.9 Å². The number of rotatable bonds is 7. The van der Waals surface area contributed by atoms with Crippen LogP contribution in [-0.2, 0) is 11.3 Å². The van der Waals surface area contributed by atoms with Gasteiger partial charge in [-0.15, -0.1) is 11.3 Å². The van der Waals surface area contributed by atoms with Crippen molar-refractivity contribution in [1.29, 1.82) is 0 Å². The third-order valence-electron chi connectivity index (χ3n) is 3.95. The number of ether oxygens (including phenoxy) is 1. The minimum Gasteiger partial charge on any atom is -0.444 e. The smallest absolute Gasteiger partial charge is 0.407 e. The van der Waals surface area contributed by atoms with Gasteiger partial charge in [0.05, 0.1) is 11.6 Å². The van der Waals surface area contributed by atoms with Crippen molar-refractivity contribution in [1.82, 2.24) is 20.5 Å². The number of hydrogen-bond donors (Lipinski definition) is 2. The molecule has 1 heterocycles. The Morgan fingerprint density at radius 1 is 1.41 bits per heavy atom. The molecular formula is C19H35N5O2S. The Hall–Kier alpha value is -1.83. The molecule has 27 heavy (non-hydrogen) atoms. The number of guanidine groups is 1. The molecule has 0 aromatic carbocycles. The van der Waals surface area contributed by atoms with Crippen LogP contribution in [0.2, 0.25) is 0 Å². The number of hydrogen-bond acceptors (Lipinski definition) is 5. The van der Waals surface area contributed by atoms with Crippen molar-refractivity contribution in [2.75, 3.05) is 20.6 Å². The summed E-state index contributed by atoms with van der Waals surface area (Å²) in [6.07, 6.45) is 2.32. The van der Waals surface area contributed by atoms with Gasteiger partial charge in [-0.3, -0.25) is 4.99 Å². The number of amides is 1. The molecule has 0 aliphatic rings. The molecule has 0 radical (unpaired) electrons. The predicted molar refractivity (Wildman–Crippen MR) is 112 cm³/mol. The van der Waals surface area contributed by atoms with Gasteiger partial charge < -0.3 is 20.3 Å². The maximum Gasteiger partial charge on any atom is 0.407 e. The van der Waals surface area contributed by atoms with Crippen LogP contribution in [0.1, 0.15) is 50.9 Å². The van der Waals surface area contributed by atoms with Gasteiger partial charge in [0, 0.05) is 37.8 Å². The van der Waals surface area contributed by atoms with E-state index in [1.54, 1.807) is 18.4 Å². The molecule has 0 aliphatic heterocycles. The summed E-state index contributed by atoms with van der Waals surface area (Å²) in [4.78, 5) is 23.9. The lowest BCUT2D eigenvalue weighted by Gasteiger charge is -2.28. The molecule has 1 amide bonds. The van der Waals surface area contributed by atoms with E-state index in [2.05, 4.69) is 39.4 Å². The zero-order valence-corrected chi connectivity index (χ0v) is 18.7. The van der Waals surface area contributed by atoms with Gasteiger partial charge >= 0.3 is 6.09 Å². The Kier molecular flexibility index (Phi) is 9.02. The number of nitrogens with zero attached hydrogens (tertiary/aromatic N) is 3. The topological polar surface area (TPSA) is 78.9 Å². The summed E-state index contributed by atoms with van der Waals surface area (Å²) in [6.45, 7) is 13.3. The molecule has 0 aliphatic carbocycles. The van der Waals surface area contributed by atoms with Gasteiger partial charge in [-0.25, -0.2) is 9.78 Å². The normalized spacial score (nSPS) is 13.4. The fourth-order valence-electron chi connectivity index (χ4n) is 2.51. The largest absolute Gasteiger partial charge is 0.444 e. The highest BCUT2D eigenvalue weighted by Crippen LogP contribution is 2.12. The summed E-state index contributed by atoms with van der Waals surface area (Å²) in [5.74, 6) is 1.13. The molecule has 1 unspecified atom stereocenters. The van der Waals surface area contributed by atoms with Crippen molar-refractivity contribution < 1.29 is 9.53 Å². The van der Waals surface area contributed by atoms with Crippen LogP contribution >= 0.6 is 11.3 Å². The van der Waals surface area contributed by atoms with Crippen LogP contribution in [0.25, 0.3) is 0 Å². The Balaban J connectivity index is 2.53. The van der Waals surface area contributed by atoms with Gasteiger partial charge in [0.15, 0.2) is 5.96 Å². The molecule has 8 heteroatoms. The van der Waals surface area contributed by atoms with Crippen molar-refractivity contribution in [3.8, 4) is 0 Å². The summed E-state index contributed by atoms with van der Waals surface area (Å²) in [6, 6.07) is 0.0320. The van der Waals surface area contributed by atoms with Crippen LogP contribution in [0.15, 0.2) is 11.2 Å². The number of carbonyl (C=O) groups is 1. The van der Waals surface area contributed by atoms with E-state index in [0.717, 1.165) is 23.9 Å². The number of aromatic nitrogens is 1. The maximum absolute atomic E-state index is 12.1. The van der Waals surface area contributed by atoms with Crippen molar-refractivity contribution in [2.45, 2.75) is 66.2 Å². The minimum absolute atomic E-state index is 0.0320. The van der Waals surface area contributed by atoms with Crippen LogP contribution in [0.3, 0.4) is 0 Å². The van der Waals surface area contributed by atoms with Crippen LogP contribution in [0.5, 0.6) is 0 Å². The molecule has 1 rings (SSSR count). The summed E-state index contributed by atoms with van der Waals surface area (Å²) in [5, 5.41) is 7.41. The van der Waals surface area contributed by atoms with E-state index in [1.807, 2.05) is 40.9 Å². The molecule has 2 N–H and O–H groups in total. The third kappa shape index (κ3) is 9.08. The van der Waals surface area contributed by atoms with Gasteiger partial charge in [0.2, 0.25) is 0 Å².